The van der Waals surface area contributed by atoms with E-state index in [0.717, 1.165) is 11.8 Å². The number of hydrogen-bond acceptors (Lipinski definition) is 1. The maximum atomic E-state index is 2.68. The first-order valence-corrected chi connectivity index (χ1v) is 10.2. The summed E-state index contributed by atoms with van der Waals surface area (Å²) < 4.78 is 1.08. The second kappa shape index (κ2) is 4.92. The minimum Gasteiger partial charge on any atom is -0.149 e. The first-order chi connectivity index (χ1) is 9.65. The van der Waals surface area contributed by atoms with E-state index in [2.05, 4.69) is 53.3 Å². The minimum atomic E-state index is 0.540. The Balaban J connectivity index is 1.93. The van der Waals surface area contributed by atoms with Gasteiger partial charge in [-0.15, -0.1) is 11.8 Å². The SMILES string of the molecule is CC[C@@]1(C)CC[C@@H]2[C@@]3(C)CCCC(C)(C)[C@@H]3CC[C@@]2(C)S1. The summed E-state index contributed by atoms with van der Waals surface area (Å²) in [6.07, 6.45) is 11.6. The lowest BCUT2D eigenvalue weighted by Crippen LogP contribution is -2.59. The lowest BCUT2D eigenvalue weighted by atomic mass is 9.45. The molecule has 3 rings (SSSR count). The van der Waals surface area contributed by atoms with Gasteiger partial charge >= 0.3 is 0 Å². The number of fused-ring (bicyclic) bond motifs is 3. The predicted molar refractivity (Wildman–Crippen MR) is 95.9 cm³/mol. The van der Waals surface area contributed by atoms with Gasteiger partial charge in [-0.2, -0.15) is 0 Å². The second-order valence-electron chi connectivity index (χ2n) is 9.75. The highest BCUT2D eigenvalue weighted by atomic mass is 32.2. The molecule has 0 N–H and O–H groups in total. The van der Waals surface area contributed by atoms with Crippen LogP contribution in [0.1, 0.15) is 92.9 Å². The molecule has 1 heterocycles. The van der Waals surface area contributed by atoms with Crippen molar-refractivity contribution >= 4 is 11.8 Å². The van der Waals surface area contributed by atoms with Gasteiger partial charge in [0.15, 0.2) is 0 Å². The molecule has 3 aliphatic rings. The van der Waals surface area contributed by atoms with E-state index in [1.807, 2.05) is 0 Å². The van der Waals surface area contributed by atoms with Gasteiger partial charge in [-0.1, -0.05) is 48.0 Å². The molecule has 2 saturated carbocycles. The van der Waals surface area contributed by atoms with Crippen molar-refractivity contribution in [1.82, 2.24) is 0 Å². The van der Waals surface area contributed by atoms with E-state index in [0.29, 0.717) is 20.3 Å². The Morgan fingerprint density at radius 2 is 1.52 bits per heavy atom. The first kappa shape index (κ1) is 16.2. The summed E-state index contributed by atoms with van der Waals surface area (Å²) in [5.41, 5.74) is 1.18. The van der Waals surface area contributed by atoms with Crippen molar-refractivity contribution in [3.8, 4) is 0 Å². The molecule has 0 aromatic carbocycles. The fourth-order valence-electron chi connectivity index (χ4n) is 6.68. The summed E-state index contributed by atoms with van der Waals surface area (Å²) in [6.45, 7) is 15.3. The van der Waals surface area contributed by atoms with Crippen molar-refractivity contribution < 1.29 is 0 Å². The lowest BCUT2D eigenvalue weighted by molar-refractivity contribution is -0.0907. The third kappa shape index (κ3) is 2.41. The molecular weight excluding hydrogens is 272 g/mol. The molecule has 0 aromatic rings. The highest BCUT2D eigenvalue weighted by Gasteiger charge is 2.60. The van der Waals surface area contributed by atoms with Gasteiger partial charge in [0, 0.05) is 9.49 Å². The summed E-state index contributed by atoms with van der Waals surface area (Å²) >= 11 is 2.37. The Hall–Kier alpha value is 0.350. The quantitative estimate of drug-likeness (QED) is 0.520. The fourth-order valence-corrected chi connectivity index (χ4v) is 8.92. The van der Waals surface area contributed by atoms with Crippen molar-refractivity contribution in [3.05, 3.63) is 0 Å². The maximum Gasteiger partial charge on any atom is 0.0170 e. The van der Waals surface area contributed by atoms with Crippen LogP contribution in [0, 0.1) is 22.7 Å². The summed E-state index contributed by atoms with van der Waals surface area (Å²) in [4.78, 5) is 0. The van der Waals surface area contributed by atoms with Crippen LogP contribution in [-0.4, -0.2) is 9.49 Å². The van der Waals surface area contributed by atoms with Crippen LogP contribution in [0.3, 0.4) is 0 Å². The lowest BCUT2D eigenvalue weighted by Gasteiger charge is -2.65. The molecule has 5 atom stereocenters. The van der Waals surface area contributed by atoms with Gasteiger partial charge in [0.1, 0.15) is 0 Å². The molecule has 1 saturated heterocycles. The van der Waals surface area contributed by atoms with E-state index in [9.17, 15) is 0 Å². The Morgan fingerprint density at radius 3 is 2.19 bits per heavy atom. The van der Waals surface area contributed by atoms with Crippen LogP contribution in [-0.2, 0) is 0 Å². The average molecular weight is 309 g/mol. The van der Waals surface area contributed by atoms with E-state index >= 15 is 0 Å². The van der Waals surface area contributed by atoms with Crippen LogP contribution in [0.5, 0.6) is 0 Å². The minimum absolute atomic E-state index is 0.540. The third-order valence-corrected chi connectivity index (χ3v) is 9.87. The highest BCUT2D eigenvalue weighted by molar-refractivity contribution is 8.02. The Bertz CT molecular complexity index is 414. The molecule has 122 valence electrons. The fraction of sp³-hybridized carbons (Fsp3) is 1.00. The van der Waals surface area contributed by atoms with E-state index in [1.54, 1.807) is 0 Å². The largest absolute Gasteiger partial charge is 0.149 e. The van der Waals surface area contributed by atoms with Gasteiger partial charge < -0.3 is 0 Å². The molecule has 21 heavy (non-hydrogen) atoms. The first-order valence-electron chi connectivity index (χ1n) is 9.35. The Kier molecular flexibility index (Phi) is 3.80. The smallest absolute Gasteiger partial charge is 0.0170 e. The monoisotopic (exact) mass is 308 g/mol. The van der Waals surface area contributed by atoms with Crippen LogP contribution in [0.4, 0.5) is 0 Å². The molecule has 0 nitrogen and oxygen atoms in total. The molecular formula is C20H36S. The van der Waals surface area contributed by atoms with Gasteiger partial charge in [-0.05, 0) is 67.6 Å². The van der Waals surface area contributed by atoms with E-state index in [4.69, 9.17) is 0 Å². The molecule has 0 bridgehead atoms. The van der Waals surface area contributed by atoms with Crippen LogP contribution >= 0.6 is 11.8 Å². The topological polar surface area (TPSA) is 0 Å². The zero-order valence-electron chi connectivity index (χ0n) is 15.2. The van der Waals surface area contributed by atoms with Crippen LogP contribution in [0.15, 0.2) is 0 Å². The van der Waals surface area contributed by atoms with E-state index < -0.39 is 0 Å². The van der Waals surface area contributed by atoms with Gasteiger partial charge in [0.05, 0.1) is 0 Å². The zero-order valence-corrected chi connectivity index (χ0v) is 16.0. The molecule has 0 aromatic heterocycles. The molecule has 0 amide bonds. The molecule has 0 unspecified atom stereocenters. The van der Waals surface area contributed by atoms with Crippen molar-refractivity contribution in [3.63, 3.8) is 0 Å². The highest BCUT2D eigenvalue weighted by Crippen LogP contribution is 2.69. The zero-order chi connectivity index (χ0) is 15.5. The summed E-state index contributed by atoms with van der Waals surface area (Å²) in [7, 11) is 0. The molecule has 0 radical (unpaired) electrons. The molecule has 0 spiro atoms. The Morgan fingerprint density at radius 1 is 0.857 bits per heavy atom. The predicted octanol–water partition coefficient (Wildman–Crippen LogP) is 6.68. The van der Waals surface area contributed by atoms with E-state index in [1.165, 1.54) is 51.4 Å². The maximum absolute atomic E-state index is 2.68. The van der Waals surface area contributed by atoms with Crippen LogP contribution < -0.4 is 0 Å². The Labute approximate surface area is 137 Å². The van der Waals surface area contributed by atoms with Crippen molar-refractivity contribution in [1.29, 1.82) is 0 Å². The summed E-state index contributed by atoms with van der Waals surface area (Å²) in [5, 5.41) is 0. The van der Waals surface area contributed by atoms with Crippen molar-refractivity contribution in [2.45, 2.75) is 102 Å². The average Bonchev–Trinajstić information content (AvgIpc) is 2.36. The number of thioether (sulfide) groups is 1. The third-order valence-electron chi connectivity index (χ3n) is 7.93. The van der Waals surface area contributed by atoms with Gasteiger partial charge in [0.2, 0.25) is 0 Å². The van der Waals surface area contributed by atoms with Crippen LogP contribution in [0.25, 0.3) is 0 Å². The number of rotatable bonds is 1. The summed E-state index contributed by atoms with van der Waals surface area (Å²) in [6, 6.07) is 0. The standard InChI is InChI=1S/C20H36S/c1-7-18(4)13-9-16-19(5)12-8-11-17(2,3)15(19)10-14-20(16,6)21-18/h15-16H,7-14H2,1-6H3/t15-,16+,18-,19-,20+/m0/s1. The molecule has 1 aliphatic heterocycles. The van der Waals surface area contributed by atoms with Gasteiger partial charge in [0.25, 0.3) is 0 Å². The molecule has 1 heteroatoms. The molecule has 3 fully saturated rings. The van der Waals surface area contributed by atoms with E-state index in [-0.39, 0.29) is 0 Å². The second-order valence-corrected chi connectivity index (χ2v) is 11.9. The number of hydrogen-bond donors (Lipinski definition) is 0. The van der Waals surface area contributed by atoms with Crippen LogP contribution in [0.2, 0.25) is 0 Å². The molecule has 2 aliphatic carbocycles. The summed E-state index contributed by atoms with van der Waals surface area (Å²) in [5.74, 6) is 1.91. The van der Waals surface area contributed by atoms with Gasteiger partial charge in [-0.3, -0.25) is 0 Å². The van der Waals surface area contributed by atoms with Crippen molar-refractivity contribution in [2.75, 3.05) is 0 Å². The van der Waals surface area contributed by atoms with Crippen molar-refractivity contribution in [2.24, 2.45) is 22.7 Å². The van der Waals surface area contributed by atoms with Gasteiger partial charge in [-0.25, -0.2) is 0 Å². The normalized spacial score (nSPS) is 52.9.